The molecule has 1 unspecified atom stereocenters. The zero-order chi connectivity index (χ0) is 11.8. The smallest absolute Gasteiger partial charge is 0.315 e. The Morgan fingerprint density at radius 1 is 1.38 bits per heavy atom. The van der Waals surface area contributed by atoms with E-state index in [2.05, 4.69) is 0 Å². The van der Waals surface area contributed by atoms with Crippen molar-refractivity contribution in [1.29, 1.82) is 0 Å². The summed E-state index contributed by atoms with van der Waals surface area (Å²) in [5, 5.41) is 0. The van der Waals surface area contributed by atoms with E-state index >= 15 is 0 Å². The lowest BCUT2D eigenvalue weighted by molar-refractivity contribution is -0.150. The van der Waals surface area contributed by atoms with E-state index in [9.17, 15) is 4.79 Å². The van der Waals surface area contributed by atoms with Crippen LogP contribution in [0.15, 0.2) is 30.3 Å². The monoisotopic (exact) mass is 258 g/mol. The zero-order valence-corrected chi connectivity index (χ0v) is 10.4. The summed E-state index contributed by atoms with van der Waals surface area (Å²) in [4.78, 5) is 11.7. The van der Waals surface area contributed by atoms with Gasteiger partial charge in [-0.2, -0.15) is 0 Å². The molecule has 0 aliphatic heterocycles. The first-order chi connectivity index (χ1) is 7.46. The van der Waals surface area contributed by atoms with Gasteiger partial charge in [0.1, 0.15) is 16.4 Å². The summed E-state index contributed by atoms with van der Waals surface area (Å²) >= 11 is 11.8. The number of alkyl halides is 2. The molecule has 2 rings (SSSR count). The predicted molar refractivity (Wildman–Crippen MR) is 63.4 cm³/mol. The highest BCUT2D eigenvalue weighted by molar-refractivity contribution is 6.53. The van der Waals surface area contributed by atoms with Crippen LogP contribution in [-0.4, -0.2) is 10.3 Å². The lowest BCUT2D eigenvalue weighted by atomic mass is 10.1. The van der Waals surface area contributed by atoms with Crippen molar-refractivity contribution in [2.75, 3.05) is 0 Å². The number of carbonyl (C=O) groups is 1. The third-order valence-corrected chi connectivity index (χ3v) is 4.02. The van der Waals surface area contributed by atoms with Crippen LogP contribution >= 0.6 is 23.2 Å². The number of hydrogen-bond donors (Lipinski definition) is 0. The average Bonchev–Trinajstić information content (AvgIpc) is 2.78. The van der Waals surface area contributed by atoms with E-state index < -0.39 is 9.75 Å². The molecule has 1 aliphatic carbocycles. The molecule has 0 aromatic heterocycles. The van der Waals surface area contributed by atoms with E-state index in [1.807, 2.05) is 30.3 Å². The number of carbonyl (C=O) groups excluding carboxylic acids is 1. The molecule has 86 valence electrons. The Hall–Kier alpha value is -0.730. The Balaban J connectivity index is 1.91. The van der Waals surface area contributed by atoms with E-state index in [-0.39, 0.29) is 12.6 Å². The third-order valence-electron chi connectivity index (χ3n) is 2.92. The van der Waals surface area contributed by atoms with Crippen LogP contribution in [0.5, 0.6) is 0 Å². The van der Waals surface area contributed by atoms with E-state index in [1.165, 1.54) is 0 Å². The second kappa shape index (κ2) is 3.94. The molecule has 0 spiro atoms. The Morgan fingerprint density at radius 3 is 2.44 bits per heavy atom. The van der Waals surface area contributed by atoms with Gasteiger partial charge in [0.25, 0.3) is 0 Å². The Bertz CT molecular complexity index is 403. The van der Waals surface area contributed by atoms with Crippen molar-refractivity contribution in [3.63, 3.8) is 0 Å². The van der Waals surface area contributed by atoms with Gasteiger partial charge in [0.15, 0.2) is 0 Å². The number of ether oxygens (including phenoxy) is 1. The summed E-state index contributed by atoms with van der Waals surface area (Å²) in [6, 6.07) is 9.51. The summed E-state index contributed by atoms with van der Waals surface area (Å²) in [6.07, 6.45) is 0.455. The van der Waals surface area contributed by atoms with Crippen molar-refractivity contribution in [1.82, 2.24) is 0 Å². The molecule has 1 aromatic carbocycles. The normalized spacial score (nSPS) is 26.2. The highest BCUT2D eigenvalue weighted by Crippen LogP contribution is 2.64. The molecule has 1 atom stereocenters. The van der Waals surface area contributed by atoms with Crippen LogP contribution < -0.4 is 0 Å². The van der Waals surface area contributed by atoms with Crippen molar-refractivity contribution in [2.45, 2.75) is 24.3 Å². The van der Waals surface area contributed by atoms with E-state index in [4.69, 9.17) is 27.9 Å². The van der Waals surface area contributed by atoms with Crippen molar-refractivity contribution < 1.29 is 9.53 Å². The first-order valence-corrected chi connectivity index (χ1v) is 5.80. The van der Waals surface area contributed by atoms with Gasteiger partial charge in [-0.25, -0.2) is 0 Å². The van der Waals surface area contributed by atoms with Gasteiger partial charge in [0.05, 0.1) is 0 Å². The maximum atomic E-state index is 11.7. The predicted octanol–water partition coefficient (Wildman–Crippen LogP) is 3.31. The Morgan fingerprint density at radius 2 is 1.94 bits per heavy atom. The van der Waals surface area contributed by atoms with Crippen molar-refractivity contribution in [3.8, 4) is 0 Å². The molecule has 16 heavy (non-hydrogen) atoms. The van der Waals surface area contributed by atoms with Gasteiger partial charge in [-0.1, -0.05) is 30.3 Å². The number of benzene rings is 1. The van der Waals surface area contributed by atoms with E-state index in [0.717, 1.165) is 5.56 Å². The second-order valence-corrected chi connectivity index (χ2v) is 5.76. The van der Waals surface area contributed by atoms with Gasteiger partial charge in [-0.3, -0.25) is 4.79 Å². The molecular formula is C12H12Cl2O2. The molecule has 0 saturated heterocycles. The minimum atomic E-state index is -0.958. The fraction of sp³-hybridized carbons (Fsp3) is 0.417. The van der Waals surface area contributed by atoms with Crippen LogP contribution in [0.2, 0.25) is 0 Å². The van der Waals surface area contributed by atoms with E-state index in [0.29, 0.717) is 6.42 Å². The van der Waals surface area contributed by atoms with E-state index in [1.54, 1.807) is 6.92 Å². The largest absolute Gasteiger partial charge is 0.460 e. The van der Waals surface area contributed by atoms with Crippen LogP contribution in [0, 0.1) is 5.41 Å². The van der Waals surface area contributed by atoms with Gasteiger partial charge < -0.3 is 4.74 Å². The molecule has 1 aliphatic rings. The quantitative estimate of drug-likeness (QED) is 0.614. The molecule has 1 saturated carbocycles. The summed E-state index contributed by atoms with van der Waals surface area (Å²) < 4.78 is 4.23. The topological polar surface area (TPSA) is 26.3 Å². The van der Waals surface area contributed by atoms with Crippen molar-refractivity contribution >= 4 is 29.2 Å². The average molecular weight is 259 g/mol. The fourth-order valence-electron chi connectivity index (χ4n) is 1.50. The molecule has 0 bridgehead atoms. The van der Waals surface area contributed by atoms with Gasteiger partial charge in [0, 0.05) is 6.42 Å². The molecule has 0 radical (unpaired) electrons. The third kappa shape index (κ3) is 2.04. The molecule has 1 fully saturated rings. The molecular weight excluding hydrogens is 247 g/mol. The first kappa shape index (κ1) is 11.7. The van der Waals surface area contributed by atoms with Crippen LogP contribution in [0.4, 0.5) is 0 Å². The SMILES string of the molecule is CC1(C(=O)OCc2ccccc2)CC1(Cl)Cl. The summed E-state index contributed by atoms with van der Waals surface area (Å²) in [6.45, 7) is 1.99. The molecule has 0 amide bonds. The van der Waals surface area contributed by atoms with Crippen molar-refractivity contribution in [3.05, 3.63) is 35.9 Å². The molecule has 4 heteroatoms. The summed E-state index contributed by atoms with van der Waals surface area (Å²) in [5.41, 5.74) is 0.208. The van der Waals surface area contributed by atoms with Crippen molar-refractivity contribution in [2.24, 2.45) is 5.41 Å². The van der Waals surface area contributed by atoms with Gasteiger partial charge >= 0.3 is 5.97 Å². The minimum Gasteiger partial charge on any atom is -0.460 e. The summed E-state index contributed by atoms with van der Waals surface area (Å²) in [7, 11) is 0. The highest BCUT2D eigenvalue weighted by atomic mass is 35.5. The van der Waals surface area contributed by atoms with Crippen LogP contribution in [0.1, 0.15) is 18.9 Å². The Labute approximate surface area is 104 Å². The van der Waals surface area contributed by atoms with Crippen LogP contribution in [0.3, 0.4) is 0 Å². The number of hydrogen-bond acceptors (Lipinski definition) is 2. The molecule has 0 heterocycles. The zero-order valence-electron chi connectivity index (χ0n) is 8.87. The standard InChI is InChI=1S/C12H12Cl2O2/c1-11(8-12(11,13)14)10(15)16-7-9-5-3-2-4-6-9/h2-6H,7-8H2,1H3. The first-order valence-electron chi connectivity index (χ1n) is 5.05. The van der Waals surface area contributed by atoms with Gasteiger partial charge in [0.2, 0.25) is 0 Å². The molecule has 1 aromatic rings. The minimum absolute atomic E-state index is 0.263. The second-order valence-electron chi connectivity index (χ2n) is 4.28. The highest BCUT2D eigenvalue weighted by Gasteiger charge is 2.69. The lowest BCUT2D eigenvalue weighted by Crippen LogP contribution is -2.21. The van der Waals surface area contributed by atoms with Gasteiger partial charge in [-0.15, -0.1) is 23.2 Å². The number of rotatable bonds is 3. The van der Waals surface area contributed by atoms with Gasteiger partial charge in [-0.05, 0) is 12.5 Å². The maximum Gasteiger partial charge on any atom is 0.315 e. The van der Waals surface area contributed by atoms with Crippen LogP contribution in [-0.2, 0) is 16.1 Å². The molecule has 2 nitrogen and oxygen atoms in total. The maximum absolute atomic E-state index is 11.7. The number of halogens is 2. The number of esters is 1. The Kier molecular flexibility index (Phi) is 2.89. The fourth-order valence-corrected chi connectivity index (χ4v) is 2.19. The lowest BCUT2D eigenvalue weighted by Gasteiger charge is -2.11. The van der Waals surface area contributed by atoms with Crippen LogP contribution in [0.25, 0.3) is 0 Å². The summed E-state index contributed by atoms with van der Waals surface area (Å²) in [5.74, 6) is -0.332. The molecule has 0 N–H and O–H groups in total.